The molecule has 0 saturated heterocycles. The summed E-state index contributed by atoms with van der Waals surface area (Å²) < 4.78 is 23.5. The fourth-order valence-corrected chi connectivity index (χ4v) is 2.61. The molecule has 0 aliphatic carbocycles. The van der Waals surface area contributed by atoms with E-state index in [0.29, 0.717) is 17.1 Å². The summed E-state index contributed by atoms with van der Waals surface area (Å²) in [4.78, 5) is 12.2. The zero-order valence-corrected chi connectivity index (χ0v) is 13.6. The van der Waals surface area contributed by atoms with Gasteiger partial charge in [-0.1, -0.05) is 17.7 Å². The van der Waals surface area contributed by atoms with Crippen LogP contribution in [0.3, 0.4) is 0 Å². The second-order valence-corrected chi connectivity index (χ2v) is 6.06. The van der Waals surface area contributed by atoms with Crippen LogP contribution in [0.2, 0.25) is 5.02 Å². The van der Waals surface area contributed by atoms with Crippen molar-refractivity contribution in [1.82, 2.24) is 5.32 Å². The third-order valence-corrected chi connectivity index (χ3v) is 4.08. The molecule has 0 bridgehead atoms. The van der Waals surface area contributed by atoms with E-state index >= 15 is 0 Å². The molecule has 24 heavy (non-hydrogen) atoms. The fraction of sp³-hybridized carbons (Fsp3) is 0.235. The Morgan fingerprint density at radius 1 is 1.29 bits per heavy atom. The Labute approximate surface area is 143 Å². The van der Waals surface area contributed by atoms with Gasteiger partial charge in [0.1, 0.15) is 11.4 Å². The zero-order chi connectivity index (χ0) is 17.3. The van der Waals surface area contributed by atoms with Crippen molar-refractivity contribution in [3.63, 3.8) is 0 Å². The highest BCUT2D eigenvalue weighted by Crippen LogP contribution is 2.35. The molecule has 7 heteroatoms. The molecule has 2 aromatic carbocycles. The minimum absolute atomic E-state index is 0.00947. The molecule has 2 N–H and O–H groups in total. The number of amides is 1. The van der Waals surface area contributed by atoms with Crippen molar-refractivity contribution in [2.75, 3.05) is 13.3 Å². The van der Waals surface area contributed by atoms with Crippen LogP contribution in [0.5, 0.6) is 11.5 Å². The minimum Gasteiger partial charge on any atom is -0.454 e. The van der Waals surface area contributed by atoms with Gasteiger partial charge in [0, 0.05) is 0 Å². The van der Waals surface area contributed by atoms with E-state index in [9.17, 15) is 14.3 Å². The number of rotatable bonds is 4. The topological polar surface area (TPSA) is 67.8 Å². The first-order valence-electron chi connectivity index (χ1n) is 7.22. The van der Waals surface area contributed by atoms with Crippen LogP contribution in [-0.4, -0.2) is 24.4 Å². The number of carbonyl (C=O) groups is 1. The molecule has 0 aromatic heterocycles. The lowest BCUT2D eigenvalue weighted by molar-refractivity contribution is 0.0525. The largest absolute Gasteiger partial charge is 0.454 e. The average Bonchev–Trinajstić information content (AvgIpc) is 3.00. The molecule has 0 radical (unpaired) electrons. The number of aliphatic hydroxyl groups is 1. The van der Waals surface area contributed by atoms with Crippen LogP contribution in [0.25, 0.3) is 0 Å². The third-order valence-electron chi connectivity index (χ3n) is 3.76. The highest BCUT2D eigenvalue weighted by Gasteiger charge is 2.27. The molecule has 126 valence electrons. The maximum atomic E-state index is 13.0. The highest BCUT2D eigenvalue weighted by atomic mass is 35.5. The van der Waals surface area contributed by atoms with Crippen LogP contribution in [0, 0.1) is 5.82 Å². The van der Waals surface area contributed by atoms with Gasteiger partial charge in [-0.25, -0.2) is 4.39 Å². The van der Waals surface area contributed by atoms with Crippen LogP contribution in [-0.2, 0) is 5.60 Å². The normalized spacial score (nSPS) is 15.0. The molecule has 1 aliphatic rings. The van der Waals surface area contributed by atoms with E-state index in [2.05, 4.69) is 5.32 Å². The SMILES string of the molecule is C[C@@](O)(CNC(=O)c1ccc(F)cc1Cl)c1ccc2c(c1)OCO2. The molecular weight excluding hydrogens is 337 g/mol. The Morgan fingerprint density at radius 2 is 2.04 bits per heavy atom. The first-order chi connectivity index (χ1) is 11.4. The quantitative estimate of drug-likeness (QED) is 0.888. The summed E-state index contributed by atoms with van der Waals surface area (Å²) in [5, 5.41) is 13.2. The molecule has 5 nitrogen and oxygen atoms in total. The maximum absolute atomic E-state index is 13.0. The van der Waals surface area contributed by atoms with E-state index < -0.39 is 17.3 Å². The van der Waals surface area contributed by atoms with Gasteiger partial charge in [-0.2, -0.15) is 0 Å². The van der Waals surface area contributed by atoms with Gasteiger partial charge < -0.3 is 19.9 Å². The number of carbonyl (C=O) groups excluding carboxylic acids is 1. The predicted octanol–water partition coefficient (Wildman–Crippen LogP) is 2.85. The van der Waals surface area contributed by atoms with Gasteiger partial charge in [0.05, 0.1) is 17.1 Å². The first-order valence-corrected chi connectivity index (χ1v) is 7.60. The lowest BCUT2D eigenvalue weighted by Crippen LogP contribution is -2.38. The molecule has 3 rings (SSSR count). The summed E-state index contributed by atoms with van der Waals surface area (Å²) >= 11 is 5.86. The van der Waals surface area contributed by atoms with Gasteiger partial charge in [-0.05, 0) is 42.8 Å². The van der Waals surface area contributed by atoms with Crippen molar-refractivity contribution in [3.05, 3.63) is 58.4 Å². The molecular formula is C17H15ClFNO4. The van der Waals surface area contributed by atoms with E-state index in [-0.39, 0.29) is 23.9 Å². The first kappa shape index (κ1) is 16.5. The molecule has 2 aromatic rings. The molecule has 1 amide bonds. The van der Waals surface area contributed by atoms with Gasteiger partial charge >= 0.3 is 0 Å². The molecule has 1 atom stereocenters. The van der Waals surface area contributed by atoms with Gasteiger partial charge in [-0.15, -0.1) is 0 Å². The summed E-state index contributed by atoms with van der Waals surface area (Å²) in [7, 11) is 0. The van der Waals surface area contributed by atoms with Gasteiger partial charge in [0.2, 0.25) is 6.79 Å². The Bertz CT molecular complexity index is 794. The van der Waals surface area contributed by atoms with E-state index in [1.807, 2.05) is 0 Å². The fourth-order valence-electron chi connectivity index (χ4n) is 2.35. The van der Waals surface area contributed by atoms with Crippen molar-refractivity contribution >= 4 is 17.5 Å². The number of benzene rings is 2. The van der Waals surface area contributed by atoms with Crippen LogP contribution in [0.1, 0.15) is 22.8 Å². The van der Waals surface area contributed by atoms with E-state index in [0.717, 1.165) is 12.1 Å². The van der Waals surface area contributed by atoms with Gasteiger partial charge in [-0.3, -0.25) is 4.79 Å². The van der Waals surface area contributed by atoms with E-state index in [1.165, 1.54) is 6.07 Å². The monoisotopic (exact) mass is 351 g/mol. The molecule has 1 heterocycles. The van der Waals surface area contributed by atoms with Crippen molar-refractivity contribution < 1.29 is 23.8 Å². The Balaban J connectivity index is 1.71. The number of hydrogen-bond donors (Lipinski definition) is 2. The predicted molar refractivity (Wildman–Crippen MR) is 85.9 cm³/mol. The second-order valence-electron chi connectivity index (χ2n) is 5.65. The zero-order valence-electron chi connectivity index (χ0n) is 12.8. The van der Waals surface area contributed by atoms with Crippen molar-refractivity contribution in [3.8, 4) is 11.5 Å². The van der Waals surface area contributed by atoms with Crippen molar-refractivity contribution in [2.24, 2.45) is 0 Å². The molecule has 0 saturated carbocycles. The second kappa shape index (κ2) is 6.30. The Kier molecular flexibility index (Phi) is 4.34. The van der Waals surface area contributed by atoms with Crippen molar-refractivity contribution in [2.45, 2.75) is 12.5 Å². The summed E-state index contributed by atoms with van der Waals surface area (Å²) in [5.74, 6) is 0.127. The summed E-state index contributed by atoms with van der Waals surface area (Å²) in [5.41, 5.74) is -0.625. The third kappa shape index (κ3) is 3.29. The lowest BCUT2D eigenvalue weighted by atomic mass is 9.95. The van der Waals surface area contributed by atoms with Crippen LogP contribution in [0.4, 0.5) is 4.39 Å². The summed E-state index contributed by atoms with van der Waals surface area (Å²) in [6.45, 7) is 1.65. The minimum atomic E-state index is -1.33. The number of hydrogen-bond acceptors (Lipinski definition) is 4. The molecule has 0 fully saturated rings. The molecule has 0 spiro atoms. The highest BCUT2D eigenvalue weighted by molar-refractivity contribution is 6.33. The van der Waals surface area contributed by atoms with Gasteiger partial charge in [0.15, 0.2) is 11.5 Å². The number of fused-ring (bicyclic) bond motifs is 1. The summed E-state index contributed by atoms with van der Waals surface area (Å²) in [6.07, 6.45) is 0. The standard InChI is InChI=1S/C17H15ClFNO4/c1-17(22,10-2-5-14-15(6-10)24-9-23-14)8-20-16(21)12-4-3-11(19)7-13(12)18/h2-7,22H,8-9H2,1H3,(H,20,21)/t17-/m1/s1. The van der Waals surface area contributed by atoms with Crippen molar-refractivity contribution in [1.29, 1.82) is 0 Å². The van der Waals surface area contributed by atoms with Gasteiger partial charge in [0.25, 0.3) is 5.91 Å². The number of ether oxygens (including phenoxy) is 2. The van der Waals surface area contributed by atoms with E-state index in [4.69, 9.17) is 21.1 Å². The Morgan fingerprint density at radius 3 is 2.79 bits per heavy atom. The maximum Gasteiger partial charge on any atom is 0.252 e. The molecule has 0 unspecified atom stereocenters. The summed E-state index contributed by atoms with van der Waals surface area (Å²) in [6, 6.07) is 8.57. The molecule has 1 aliphatic heterocycles. The average molecular weight is 352 g/mol. The lowest BCUT2D eigenvalue weighted by Gasteiger charge is -2.24. The smallest absolute Gasteiger partial charge is 0.252 e. The van der Waals surface area contributed by atoms with E-state index in [1.54, 1.807) is 25.1 Å². The van der Waals surface area contributed by atoms with Crippen LogP contribution >= 0.6 is 11.6 Å². The van der Waals surface area contributed by atoms with Crippen LogP contribution in [0.15, 0.2) is 36.4 Å². The number of halogens is 2. The van der Waals surface area contributed by atoms with Crippen LogP contribution < -0.4 is 14.8 Å². The Hall–Kier alpha value is -2.31. The number of nitrogens with one attached hydrogen (secondary N) is 1.